The molecule has 1 atom stereocenters. The van der Waals surface area contributed by atoms with Crippen molar-refractivity contribution in [2.24, 2.45) is 5.92 Å². The Morgan fingerprint density at radius 2 is 1.86 bits per heavy atom. The first-order valence-corrected chi connectivity index (χ1v) is 7.14. The van der Waals surface area contributed by atoms with Crippen LogP contribution in [0.3, 0.4) is 0 Å². The van der Waals surface area contributed by atoms with Gasteiger partial charge in [-0.05, 0) is 36.5 Å². The van der Waals surface area contributed by atoms with E-state index in [2.05, 4.69) is 5.32 Å². The van der Waals surface area contributed by atoms with Crippen molar-refractivity contribution >= 4 is 17.6 Å². The van der Waals surface area contributed by atoms with Crippen molar-refractivity contribution in [1.82, 2.24) is 5.32 Å². The molecular formula is C16H24N2O3. The second-order valence-electron chi connectivity index (χ2n) is 5.51. The molecule has 1 aromatic carbocycles. The van der Waals surface area contributed by atoms with E-state index in [0.717, 1.165) is 5.56 Å². The quantitative estimate of drug-likeness (QED) is 0.594. The van der Waals surface area contributed by atoms with E-state index in [1.165, 1.54) is 7.11 Å². The summed E-state index contributed by atoms with van der Waals surface area (Å²) in [6, 6.07) is 6.84. The first-order chi connectivity index (χ1) is 9.92. The normalized spacial score (nSPS) is 12.0. The van der Waals surface area contributed by atoms with Gasteiger partial charge >= 0.3 is 5.97 Å². The molecule has 0 fully saturated rings. The van der Waals surface area contributed by atoms with Gasteiger partial charge in [-0.3, -0.25) is 4.79 Å². The van der Waals surface area contributed by atoms with Gasteiger partial charge in [-0.15, -0.1) is 0 Å². The van der Waals surface area contributed by atoms with Gasteiger partial charge in [0.05, 0.1) is 7.11 Å². The molecule has 1 rings (SSSR count). The number of aryl methyl sites for hydroxylation is 1. The zero-order valence-electron chi connectivity index (χ0n) is 12.9. The number of anilines is 1. The molecule has 1 amide bonds. The molecule has 5 nitrogen and oxygen atoms in total. The maximum Gasteiger partial charge on any atom is 0.328 e. The molecule has 0 saturated carbocycles. The summed E-state index contributed by atoms with van der Waals surface area (Å²) in [5.74, 6) is -0.251. The lowest BCUT2D eigenvalue weighted by atomic mass is 10.0. The van der Waals surface area contributed by atoms with Gasteiger partial charge in [0.1, 0.15) is 6.04 Å². The molecule has 0 aliphatic carbocycles. The summed E-state index contributed by atoms with van der Waals surface area (Å²) >= 11 is 0. The fourth-order valence-corrected chi connectivity index (χ4v) is 2.04. The number of methoxy groups -OCH3 is 1. The number of benzene rings is 1. The lowest BCUT2D eigenvalue weighted by molar-refractivity contribution is -0.145. The van der Waals surface area contributed by atoms with Crippen molar-refractivity contribution in [2.45, 2.75) is 39.2 Å². The molecule has 5 heteroatoms. The Balaban J connectivity index is 2.49. The van der Waals surface area contributed by atoms with E-state index in [1.54, 1.807) is 0 Å². The minimum Gasteiger partial charge on any atom is -0.467 e. The van der Waals surface area contributed by atoms with E-state index in [-0.39, 0.29) is 5.91 Å². The number of amides is 1. The van der Waals surface area contributed by atoms with Gasteiger partial charge in [-0.25, -0.2) is 4.79 Å². The highest BCUT2D eigenvalue weighted by Crippen LogP contribution is 2.09. The average Bonchev–Trinajstić information content (AvgIpc) is 2.44. The highest BCUT2D eigenvalue weighted by atomic mass is 16.5. The lowest BCUT2D eigenvalue weighted by Crippen LogP contribution is -2.42. The summed E-state index contributed by atoms with van der Waals surface area (Å²) in [6.07, 6.45) is 1.51. The number of nitrogen functional groups attached to an aromatic ring is 1. The van der Waals surface area contributed by atoms with Crippen molar-refractivity contribution in [2.75, 3.05) is 12.8 Å². The fraction of sp³-hybridized carbons (Fsp3) is 0.500. The smallest absolute Gasteiger partial charge is 0.328 e. The maximum absolute atomic E-state index is 12.0. The first-order valence-electron chi connectivity index (χ1n) is 7.14. The van der Waals surface area contributed by atoms with E-state index in [9.17, 15) is 9.59 Å². The minimum atomic E-state index is -0.575. The summed E-state index contributed by atoms with van der Waals surface area (Å²) < 4.78 is 4.72. The second kappa shape index (κ2) is 8.29. The zero-order valence-corrected chi connectivity index (χ0v) is 12.9. The number of carbonyl (C=O) groups is 2. The Hall–Kier alpha value is -2.04. The van der Waals surface area contributed by atoms with Crippen LogP contribution in [0.1, 0.15) is 32.3 Å². The van der Waals surface area contributed by atoms with Crippen LogP contribution in [0.15, 0.2) is 24.3 Å². The molecule has 0 bridgehead atoms. The summed E-state index contributed by atoms with van der Waals surface area (Å²) in [5, 5.41) is 2.74. The molecule has 1 aromatic rings. The number of hydrogen-bond acceptors (Lipinski definition) is 4. The third kappa shape index (κ3) is 6.29. The van der Waals surface area contributed by atoms with Crippen LogP contribution in [0.4, 0.5) is 5.69 Å². The van der Waals surface area contributed by atoms with Crippen LogP contribution in [0, 0.1) is 5.92 Å². The highest BCUT2D eigenvalue weighted by Gasteiger charge is 2.22. The highest BCUT2D eigenvalue weighted by molar-refractivity contribution is 5.84. The Kier molecular flexibility index (Phi) is 6.72. The fourth-order valence-electron chi connectivity index (χ4n) is 2.04. The molecule has 0 radical (unpaired) electrons. The van der Waals surface area contributed by atoms with Crippen LogP contribution >= 0.6 is 0 Å². The Morgan fingerprint density at radius 3 is 2.38 bits per heavy atom. The molecule has 0 aliphatic rings. The van der Waals surface area contributed by atoms with E-state index in [1.807, 2.05) is 38.1 Å². The Bertz CT molecular complexity index is 469. The molecule has 0 heterocycles. The van der Waals surface area contributed by atoms with Crippen LogP contribution in [0.5, 0.6) is 0 Å². The zero-order chi connectivity index (χ0) is 15.8. The average molecular weight is 292 g/mol. The van der Waals surface area contributed by atoms with Crippen LogP contribution in [0.25, 0.3) is 0 Å². The predicted molar refractivity (Wildman–Crippen MR) is 82.6 cm³/mol. The predicted octanol–water partition coefficient (Wildman–Crippen LogP) is 1.91. The molecule has 0 aromatic heterocycles. The number of nitrogens with one attached hydrogen (secondary N) is 1. The Labute approximate surface area is 125 Å². The number of carbonyl (C=O) groups excluding carboxylic acids is 2. The van der Waals surface area contributed by atoms with E-state index < -0.39 is 12.0 Å². The van der Waals surface area contributed by atoms with Gasteiger partial charge in [-0.1, -0.05) is 26.0 Å². The number of nitrogens with two attached hydrogens (primary N) is 1. The second-order valence-corrected chi connectivity index (χ2v) is 5.51. The van der Waals surface area contributed by atoms with Crippen LogP contribution in [-0.2, 0) is 20.7 Å². The standard InChI is InChI=1S/C16H24N2O3/c1-11(2)10-14(16(20)21-3)18-15(19)9-6-12-4-7-13(17)8-5-12/h4-5,7-8,11,14H,6,9-10,17H2,1-3H3,(H,18,19). The summed E-state index contributed by atoms with van der Waals surface area (Å²) in [7, 11) is 1.33. The van der Waals surface area contributed by atoms with Gasteiger partial charge in [0.15, 0.2) is 0 Å². The minimum absolute atomic E-state index is 0.150. The van der Waals surface area contributed by atoms with Crippen molar-refractivity contribution in [1.29, 1.82) is 0 Å². The van der Waals surface area contributed by atoms with Gasteiger partial charge in [-0.2, -0.15) is 0 Å². The van der Waals surface area contributed by atoms with E-state index >= 15 is 0 Å². The van der Waals surface area contributed by atoms with Crippen molar-refractivity contribution < 1.29 is 14.3 Å². The molecule has 116 valence electrons. The number of esters is 1. The first kappa shape index (κ1) is 17.0. The SMILES string of the molecule is COC(=O)C(CC(C)C)NC(=O)CCc1ccc(N)cc1. The molecule has 0 aliphatic heterocycles. The van der Waals surface area contributed by atoms with Crippen molar-refractivity contribution in [3.63, 3.8) is 0 Å². The van der Waals surface area contributed by atoms with Gasteiger partial charge in [0.25, 0.3) is 0 Å². The van der Waals surface area contributed by atoms with Gasteiger partial charge < -0.3 is 15.8 Å². The molecular weight excluding hydrogens is 268 g/mol. The molecule has 21 heavy (non-hydrogen) atoms. The van der Waals surface area contributed by atoms with Gasteiger partial charge in [0.2, 0.25) is 5.91 Å². The number of hydrogen-bond donors (Lipinski definition) is 2. The summed E-state index contributed by atoms with van der Waals surface area (Å²) in [6.45, 7) is 3.99. The molecule has 0 saturated heterocycles. The number of rotatable bonds is 7. The largest absolute Gasteiger partial charge is 0.467 e. The Morgan fingerprint density at radius 1 is 1.24 bits per heavy atom. The van der Waals surface area contributed by atoms with Crippen LogP contribution < -0.4 is 11.1 Å². The lowest BCUT2D eigenvalue weighted by Gasteiger charge is -2.18. The summed E-state index contributed by atoms with van der Waals surface area (Å²) in [5.41, 5.74) is 7.35. The maximum atomic E-state index is 12.0. The number of ether oxygens (including phenoxy) is 1. The third-order valence-corrected chi connectivity index (χ3v) is 3.15. The van der Waals surface area contributed by atoms with Crippen LogP contribution in [-0.4, -0.2) is 25.0 Å². The summed E-state index contributed by atoms with van der Waals surface area (Å²) in [4.78, 5) is 23.6. The van der Waals surface area contributed by atoms with E-state index in [0.29, 0.717) is 30.9 Å². The topological polar surface area (TPSA) is 81.4 Å². The molecule has 0 spiro atoms. The third-order valence-electron chi connectivity index (χ3n) is 3.15. The van der Waals surface area contributed by atoms with Crippen LogP contribution in [0.2, 0.25) is 0 Å². The van der Waals surface area contributed by atoms with Crippen molar-refractivity contribution in [3.8, 4) is 0 Å². The monoisotopic (exact) mass is 292 g/mol. The molecule has 1 unspecified atom stereocenters. The van der Waals surface area contributed by atoms with Crippen molar-refractivity contribution in [3.05, 3.63) is 29.8 Å². The van der Waals surface area contributed by atoms with Gasteiger partial charge in [0, 0.05) is 12.1 Å². The van der Waals surface area contributed by atoms with E-state index in [4.69, 9.17) is 10.5 Å². The molecule has 3 N–H and O–H groups in total.